The van der Waals surface area contributed by atoms with Gasteiger partial charge in [0.15, 0.2) is 5.78 Å². The summed E-state index contributed by atoms with van der Waals surface area (Å²) in [5.41, 5.74) is 1.49. The molecule has 0 aromatic heterocycles. The molecule has 0 atom stereocenters. The maximum absolute atomic E-state index is 11.5. The van der Waals surface area contributed by atoms with Gasteiger partial charge in [-0.15, -0.1) is 0 Å². The zero-order chi connectivity index (χ0) is 15.2. The van der Waals surface area contributed by atoms with Crippen molar-refractivity contribution in [2.24, 2.45) is 0 Å². The highest BCUT2D eigenvalue weighted by molar-refractivity contribution is 6.30. The van der Waals surface area contributed by atoms with E-state index in [0.29, 0.717) is 23.8 Å². The number of ether oxygens (including phenoxy) is 2. The van der Waals surface area contributed by atoms with E-state index >= 15 is 0 Å². The summed E-state index contributed by atoms with van der Waals surface area (Å²) >= 11 is 5.84. The maximum Gasteiger partial charge on any atom is 0.159 e. The predicted octanol–water partition coefficient (Wildman–Crippen LogP) is 4.52. The lowest BCUT2D eigenvalue weighted by Crippen LogP contribution is -2.03. The number of carbonyl (C=O) groups is 1. The Morgan fingerprint density at radius 3 is 2.43 bits per heavy atom. The quantitative estimate of drug-likeness (QED) is 0.736. The number of rotatable bonds is 6. The number of Topliss-reactive ketones (excluding diaryl/α,β-unsaturated/α-hetero) is 1. The molecule has 0 N–H and O–H groups in total. The Morgan fingerprint density at radius 1 is 1.10 bits per heavy atom. The smallest absolute Gasteiger partial charge is 0.159 e. The van der Waals surface area contributed by atoms with Crippen LogP contribution in [0.15, 0.2) is 42.5 Å². The molecule has 0 aliphatic rings. The van der Waals surface area contributed by atoms with E-state index in [-0.39, 0.29) is 5.78 Å². The van der Waals surface area contributed by atoms with Crippen LogP contribution in [0, 0.1) is 0 Å². The van der Waals surface area contributed by atoms with Crippen LogP contribution >= 0.6 is 11.6 Å². The second kappa shape index (κ2) is 7.14. The molecule has 0 spiro atoms. The fourth-order valence-corrected chi connectivity index (χ4v) is 2.03. The minimum atomic E-state index is 0.0193. The number of carbonyl (C=O) groups excluding carboxylic acids is 1. The van der Waals surface area contributed by atoms with Gasteiger partial charge in [-0.1, -0.05) is 11.6 Å². The zero-order valence-corrected chi connectivity index (χ0v) is 12.8. The zero-order valence-electron chi connectivity index (χ0n) is 12.1. The van der Waals surface area contributed by atoms with E-state index in [1.807, 2.05) is 13.0 Å². The lowest BCUT2D eigenvalue weighted by atomic mass is 10.1. The minimum Gasteiger partial charge on any atom is -0.493 e. The molecule has 0 saturated heterocycles. The average Bonchev–Trinajstić information content (AvgIpc) is 2.48. The van der Waals surface area contributed by atoms with Crippen LogP contribution in [0.2, 0.25) is 5.02 Å². The number of hydrogen-bond donors (Lipinski definition) is 0. The third-order valence-corrected chi connectivity index (χ3v) is 3.23. The van der Waals surface area contributed by atoms with Crippen LogP contribution in [0.4, 0.5) is 0 Å². The van der Waals surface area contributed by atoms with Gasteiger partial charge >= 0.3 is 0 Å². The van der Waals surface area contributed by atoms with E-state index in [0.717, 1.165) is 17.1 Å². The molecule has 0 heterocycles. The number of benzene rings is 2. The topological polar surface area (TPSA) is 35.5 Å². The van der Waals surface area contributed by atoms with Crippen LogP contribution in [0.1, 0.15) is 29.8 Å². The first-order valence-corrected chi connectivity index (χ1v) is 7.13. The summed E-state index contributed by atoms with van der Waals surface area (Å²) in [4.78, 5) is 11.5. The Labute approximate surface area is 129 Å². The molecule has 110 valence electrons. The number of hydrogen-bond acceptors (Lipinski definition) is 3. The minimum absolute atomic E-state index is 0.0193. The van der Waals surface area contributed by atoms with E-state index < -0.39 is 0 Å². The average molecular weight is 305 g/mol. The van der Waals surface area contributed by atoms with Crippen molar-refractivity contribution in [3.05, 3.63) is 58.6 Å². The third-order valence-electron chi connectivity index (χ3n) is 2.97. The number of ketones is 1. The Morgan fingerprint density at radius 2 is 1.81 bits per heavy atom. The number of halogens is 1. The first-order valence-electron chi connectivity index (χ1n) is 6.75. The van der Waals surface area contributed by atoms with E-state index in [2.05, 4.69) is 0 Å². The Kier molecular flexibility index (Phi) is 5.23. The molecule has 2 aromatic rings. The summed E-state index contributed by atoms with van der Waals surface area (Å²) in [5.74, 6) is 1.47. The van der Waals surface area contributed by atoms with Crippen molar-refractivity contribution < 1.29 is 14.3 Å². The molecular weight excluding hydrogens is 288 g/mol. The normalized spacial score (nSPS) is 10.2. The van der Waals surface area contributed by atoms with Crippen molar-refractivity contribution in [2.75, 3.05) is 6.61 Å². The Bertz CT molecular complexity index is 620. The SMILES string of the molecule is CCOc1ccc(C(C)=O)cc1COc1ccc(Cl)cc1. The van der Waals surface area contributed by atoms with Crippen molar-refractivity contribution in [1.82, 2.24) is 0 Å². The van der Waals surface area contributed by atoms with Gasteiger partial charge < -0.3 is 9.47 Å². The van der Waals surface area contributed by atoms with Crippen molar-refractivity contribution in [2.45, 2.75) is 20.5 Å². The van der Waals surface area contributed by atoms with Gasteiger partial charge in [0.05, 0.1) is 6.61 Å². The molecule has 0 bridgehead atoms. The molecule has 2 aromatic carbocycles. The molecule has 4 heteroatoms. The highest BCUT2D eigenvalue weighted by Gasteiger charge is 2.08. The predicted molar refractivity (Wildman–Crippen MR) is 83.4 cm³/mol. The standard InChI is InChI=1S/C17H17ClO3/c1-3-20-17-9-4-13(12(2)19)10-14(17)11-21-16-7-5-15(18)6-8-16/h4-10H,3,11H2,1-2H3. The molecule has 0 saturated carbocycles. The van der Waals surface area contributed by atoms with Crippen LogP contribution < -0.4 is 9.47 Å². The molecule has 0 aliphatic heterocycles. The highest BCUT2D eigenvalue weighted by atomic mass is 35.5. The van der Waals surface area contributed by atoms with Gasteiger partial charge in [0.2, 0.25) is 0 Å². The summed E-state index contributed by atoms with van der Waals surface area (Å²) < 4.78 is 11.3. The summed E-state index contributed by atoms with van der Waals surface area (Å²) in [5, 5.41) is 0.663. The van der Waals surface area contributed by atoms with E-state index in [1.54, 1.807) is 43.3 Å². The second-order valence-electron chi connectivity index (χ2n) is 4.55. The van der Waals surface area contributed by atoms with Crippen LogP contribution in [0.5, 0.6) is 11.5 Å². The fraction of sp³-hybridized carbons (Fsp3) is 0.235. The van der Waals surface area contributed by atoms with Gasteiger partial charge in [0, 0.05) is 16.1 Å². The largest absolute Gasteiger partial charge is 0.493 e. The monoisotopic (exact) mass is 304 g/mol. The molecule has 21 heavy (non-hydrogen) atoms. The van der Waals surface area contributed by atoms with E-state index in [4.69, 9.17) is 21.1 Å². The molecule has 0 aliphatic carbocycles. The van der Waals surface area contributed by atoms with Crippen LogP contribution in [0.25, 0.3) is 0 Å². The fourth-order valence-electron chi connectivity index (χ4n) is 1.90. The van der Waals surface area contributed by atoms with Crippen LogP contribution in [0.3, 0.4) is 0 Å². The molecule has 0 amide bonds. The molecule has 0 fully saturated rings. The van der Waals surface area contributed by atoms with Gasteiger partial charge in [0.1, 0.15) is 18.1 Å². The molecule has 0 radical (unpaired) electrons. The van der Waals surface area contributed by atoms with Gasteiger partial charge in [-0.25, -0.2) is 0 Å². The second-order valence-corrected chi connectivity index (χ2v) is 4.99. The summed E-state index contributed by atoms with van der Waals surface area (Å²) in [6.07, 6.45) is 0. The van der Waals surface area contributed by atoms with E-state index in [1.165, 1.54) is 0 Å². The van der Waals surface area contributed by atoms with Crippen molar-refractivity contribution in [1.29, 1.82) is 0 Å². The van der Waals surface area contributed by atoms with Crippen molar-refractivity contribution >= 4 is 17.4 Å². The maximum atomic E-state index is 11.5. The lowest BCUT2D eigenvalue weighted by Gasteiger charge is -2.12. The molecule has 0 unspecified atom stereocenters. The molecule has 2 rings (SSSR count). The first kappa shape index (κ1) is 15.4. The Balaban J connectivity index is 2.17. The third kappa shape index (κ3) is 4.23. The Hall–Kier alpha value is -2.00. The lowest BCUT2D eigenvalue weighted by molar-refractivity contribution is 0.101. The van der Waals surface area contributed by atoms with Gasteiger partial charge in [-0.2, -0.15) is 0 Å². The van der Waals surface area contributed by atoms with E-state index in [9.17, 15) is 4.79 Å². The first-order chi connectivity index (χ1) is 10.1. The van der Waals surface area contributed by atoms with Crippen LogP contribution in [-0.4, -0.2) is 12.4 Å². The summed E-state index contributed by atoms with van der Waals surface area (Å²) in [7, 11) is 0. The molecule has 3 nitrogen and oxygen atoms in total. The van der Waals surface area contributed by atoms with Gasteiger partial charge in [-0.05, 0) is 56.3 Å². The summed E-state index contributed by atoms with van der Waals surface area (Å²) in [6, 6.07) is 12.5. The summed E-state index contributed by atoms with van der Waals surface area (Å²) in [6.45, 7) is 4.35. The highest BCUT2D eigenvalue weighted by Crippen LogP contribution is 2.23. The van der Waals surface area contributed by atoms with Crippen molar-refractivity contribution in [3.63, 3.8) is 0 Å². The van der Waals surface area contributed by atoms with Crippen LogP contribution in [-0.2, 0) is 6.61 Å². The van der Waals surface area contributed by atoms with Crippen molar-refractivity contribution in [3.8, 4) is 11.5 Å². The van der Waals surface area contributed by atoms with Gasteiger partial charge in [-0.3, -0.25) is 4.79 Å². The molecular formula is C17H17ClO3. The van der Waals surface area contributed by atoms with Gasteiger partial charge in [0.25, 0.3) is 0 Å².